The number of hydrogen-bond donors (Lipinski definition) is 1. The Morgan fingerprint density at radius 2 is 1.97 bits per heavy atom. The molecule has 1 N–H and O–H groups in total. The predicted molar refractivity (Wildman–Crippen MR) is 141 cm³/mol. The van der Waals surface area contributed by atoms with E-state index in [2.05, 4.69) is 10.3 Å². The fourth-order valence-electron chi connectivity index (χ4n) is 4.40. The SMILES string of the molecule is Cl.Cl.Cn1cnc(C(=O)N(Cc2ccc(F)c(-c3cccc(OC4CNC4)c3)c2)C2CCOCC2)c1. The predicted octanol–water partition coefficient (Wildman–Crippen LogP) is 4.24. The van der Waals surface area contributed by atoms with Crippen molar-refractivity contribution >= 4 is 30.7 Å². The first-order valence-corrected chi connectivity index (χ1v) is 11.7. The summed E-state index contributed by atoms with van der Waals surface area (Å²) < 4.78 is 28.1. The third-order valence-electron chi connectivity index (χ3n) is 6.39. The summed E-state index contributed by atoms with van der Waals surface area (Å²) in [5.41, 5.74) is 2.51. The van der Waals surface area contributed by atoms with Gasteiger partial charge < -0.3 is 24.3 Å². The molecule has 3 aromatic rings. The highest BCUT2D eigenvalue weighted by Crippen LogP contribution is 2.29. The van der Waals surface area contributed by atoms with Crippen molar-refractivity contribution in [2.24, 2.45) is 7.05 Å². The number of ether oxygens (including phenoxy) is 2. The lowest BCUT2D eigenvalue weighted by Gasteiger charge is -2.34. The Kier molecular flexibility index (Phi) is 9.73. The number of carbonyl (C=O) groups excluding carboxylic acids is 1. The molecule has 2 aliphatic rings. The molecule has 1 aromatic heterocycles. The molecule has 3 heterocycles. The molecule has 0 bridgehead atoms. The van der Waals surface area contributed by atoms with Crippen molar-refractivity contribution in [1.82, 2.24) is 19.8 Å². The van der Waals surface area contributed by atoms with E-state index >= 15 is 0 Å². The van der Waals surface area contributed by atoms with Crippen molar-refractivity contribution in [1.29, 1.82) is 0 Å². The van der Waals surface area contributed by atoms with Crippen LogP contribution in [0, 0.1) is 5.82 Å². The number of nitrogens with zero attached hydrogens (tertiary/aromatic N) is 3. The fourth-order valence-corrected chi connectivity index (χ4v) is 4.40. The van der Waals surface area contributed by atoms with Crippen LogP contribution in [0.1, 0.15) is 28.9 Å². The van der Waals surface area contributed by atoms with Crippen molar-refractivity contribution in [2.75, 3.05) is 26.3 Å². The smallest absolute Gasteiger partial charge is 0.274 e. The van der Waals surface area contributed by atoms with Crippen molar-refractivity contribution < 1.29 is 18.7 Å². The molecule has 0 saturated carbocycles. The van der Waals surface area contributed by atoms with Gasteiger partial charge in [0.2, 0.25) is 0 Å². The molecule has 0 radical (unpaired) electrons. The number of imidazole rings is 1. The van der Waals surface area contributed by atoms with Crippen LogP contribution >= 0.6 is 24.8 Å². The van der Waals surface area contributed by atoms with Crippen LogP contribution in [0.3, 0.4) is 0 Å². The Morgan fingerprint density at radius 3 is 2.64 bits per heavy atom. The van der Waals surface area contributed by atoms with Gasteiger partial charge in [-0.3, -0.25) is 4.79 Å². The molecule has 1 amide bonds. The van der Waals surface area contributed by atoms with Gasteiger partial charge in [-0.05, 0) is 48.2 Å². The fraction of sp³-hybridized carbons (Fsp3) is 0.385. The number of hydrogen-bond acceptors (Lipinski definition) is 5. The second-order valence-electron chi connectivity index (χ2n) is 8.94. The number of halogens is 3. The molecule has 0 spiro atoms. The Labute approximate surface area is 222 Å². The van der Waals surface area contributed by atoms with Gasteiger partial charge in [-0.1, -0.05) is 18.2 Å². The van der Waals surface area contributed by atoms with Gasteiger partial charge in [0, 0.05) is 57.7 Å². The number of benzene rings is 2. The summed E-state index contributed by atoms with van der Waals surface area (Å²) in [5, 5.41) is 3.18. The Balaban J connectivity index is 0.00000180. The van der Waals surface area contributed by atoms with Crippen LogP contribution in [0.4, 0.5) is 4.39 Å². The van der Waals surface area contributed by atoms with Crippen molar-refractivity contribution in [3.05, 3.63) is 72.1 Å². The number of amides is 1. The van der Waals surface area contributed by atoms with Crippen LogP contribution in [0.25, 0.3) is 11.1 Å². The van der Waals surface area contributed by atoms with Crippen LogP contribution in [-0.4, -0.2) is 58.8 Å². The van der Waals surface area contributed by atoms with Crippen LogP contribution in [0.2, 0.25) is 0 Å². The quantitative estimate of drug-likeness (QED) is 0.489. The van der Waals surface area contributed by atoms with Crippen LogP contribution < -0.4 is 10.1 Å². The minimum absolute atomic E-state index is 0. The van der Waals surface area contributed by atoms with Crippen LogP contribution in [0.15, 0.2) is 55.0 Å². The Morgan fingerprint density at radius 1 is 1.19 bits per heavy atom. The van der Waals surface area contributed by atoms with Gasteiger partial charge >= 0.3 is 0 Å². The molecule has 36 heavy (non-hydrogen) atoms. The molecule has 5 rings (SSSR count). The minimum Gasteiger partial charge on any atom is -0.488 e. The molecule has 0 atom stereocenters. The van der Waals surface area contributed by atoms with Crippen LogP contribution in [0.5, 0.6) is 5.75 Å². The normalized spacial score (nSPS) is 15.8. The topological polar surface area (TPSA) is 68.6 Å². The zero-order valence-electron chi connectivity index (χ0n) is 20.1. The first-order valence-electron chi connectivity index (χ1n) is 11.7. The number of rotatable bonds is 7. The third kappa shape index (κ3) is 6.37. The molecule has 0 unspecified atom stereocenters. The molecule has 194 valence electrons. The van der Waals surface area contributed by atoms with Gasteiger partial charge in [0.25, 0.3) is 5.91 Å². The summed E-state index contributed by atoms with van der Waals surface area (Å²) >= 11 is 0. The first-order chi connectivity index (χ1) is 16.6. The van der Waals surface area contributed by atoms with Gasteiger partial charge in [0.15, 0.2) is 0 Å². The van der Waals surface area contributed by atoms with Gasteiger partial charge in [0.05, 0.1) is 6.33 Å². The van der Waals surface area contributed by atoms with Crippen LogP contribution in [-0.2, 0) is 18.3 Å². The van der Waals surface area contributed by atoms with Crippen molar-refractivity contribution in [2.45, 2.75) is 31.5 Å². The summed E-state index contributed by atoms with van der Waals surface area (Å²) in [6, 6.07) is 12.6. The third-order valence-corrected chi connectivity index (χ3v) is 6.39. The van der Waals surface area contributed by atoms with E-state index in [9.17, 15) is 9.18 Å². The number of carbonyl (C=O) groups is 1. The molecule has 0 aliphatic carbocycles. The average molecular weight is 537 g/mol. The molecule has 7 nitrogen and oxygen atoms in total. The lowest BCUT2D eigenvalue weighted by molar-refractivity contribution is 0.0264. The zero-order valence-corrected chi connectivity index (χ0v) is 21.7. The number of aromatic nitrogens is 2. The summed E-state index contributed by atoms with van der Waals surface area (Å²) in [5.74, 6) is 0.297. The largest absolute Gasteiger partial charge is 0.488 e. The monoisotopic (exact) mass is 536 g/mol. The van der Waals surface area contributed by atoms with Crippen molar-refractivity contribution in [3.63, 3.8) is 0 Å². The molecule has 2 fully saturated rings. The maximum absolute atomic E-state index is 14.9. The molecule has 2 aliphatic heterocycles. The first kappa shape index (κ1) is 27.9. The molecular weight excluding hydrogens is 506 g/mol. The second kappa shape index (κ2) is 12.5. The summed E-state index contributed by atoms with van der Waals surface area (Å²) in [7, 11) is 1.84. The Hall–Kier alpha value is -2.65. The lowest BCUT2D eigenvalue weighted by Crippen LogP contribution is -2.50. The van der Waals surface area contributed by atoms with Gasteiger partial charge in [-0.15, -0.1) is 24.8 Å². The van der Waals surface area contributed by atoms with Gasteiger partial charge in [-0.2, -0.15) is 0 Å². The van der Waals surface area contributed by atoms with E-state index in [1.165, 1.54) is 6.07 Å². The molecule has 2 aromatic carbocycles. The standard InChI is InChI=1S/C26H29FN4O3.2ClH/c1-30-16-25(29-17-30)26(32)31(20-7-9-33-10-8-20)15-18-5-6-24(27)23(11-18)19-3-2-4-21(12-19)34-22-13-28-14-22;;/h2-6,11-12,16-17,20,22,28H,7-10,13-15H2,1H3;2*1H. The molecular formula is C26H31Cl2FN4O3. The van der Waals surface area contributed by atoms with E-state index in [4.69, 9.17) is 9.47 Å². The average Bonchev–Trinajstić information content (AvgIpc) is 3.27. The highest BCUT2D eigenvalue weighted by Gasteiger charge is 2.28. The van der Waals surface area contributed by atoms with E-state index in [1.54, 1.807) is 23.2 Å². The van der Waals surface area contributed by atoms with Gasteiger partial charge in [0.1, 0.15) is 23.4 Å². The summed E-state index contributed by atoms with van der Waals surface area (Å²) in [6.45, 7) is 3.25. The Bertz CT molecular complexity index is 1170. The maximum atomic E-state index is 14.9. The highest BCUT2D eigenvalue weighted by molar-refractivity contribution is 5.92. The summed E-state index contributed by atoms with van der Waals surface area (Å²) in [6.07, 6.45) is 5.04. The van der Waals surface area contributed by atoms with E-state index in [-0.39, 0.29) is 48.7 Å². The number of nitrogens with one attached hydrogen (secondary N) is 1. The van der Waals surface area contributed by atoms with E-state index in [1.807, 2.05) is 42.3 Å². The maximum Gasteiger partial charge on any atom is 0.274 e. The van der Waals surface area contributed by atoms with E-state index < -0.39 is 0 Å². The highest BCUT2D eigenvalue weighted by atomic mass is 35.5. The summed E-state index contributed by atoms with van der Waals surface area (Å²) in [4.78, 5) is 19.5. The molecule has 10 heteroatoms. The zero-order chi connectivity index (χ0) is 23.5. The van der Waals surface area contributed by atoms with E-state index in [0.717, 1.165) is 42.8 Å². The second-order valence-corrected chi connectivity index (χ2v) is 8.94. The molecule has 2 saturated heterocycles. The number of aryl methyl sites for hydroxylation is 1. The van der Waals surface area contributed by atoms with Gasteiger partial charge in [-0.25, -0.2) is 9.37 Å². The minimum atomic E-state index is -0.306. The van der Waals surface area contributed by atoms with E-state index in [0.29, 0.717) is 31.0 Å². The lowest BCUT2D eigenvalue weighted by atomic mass is 10.0. The van der Waals surface area contributed by atoms with Crippen molar-refractivity contribution in [3.8, 4) is 16.9 Å².